The second kappa shape index (κ2) is 6.48. The predicted octanol–water partition coefficient (Wildman–Crippen LogP) is 2.76. The molecule has 5 heteroatoms. The molecule has 0 aliphatic rings. The SMILES string of the molecule is CC(C)(C)C(CCO)NC(=O)Cc1c[nH]c2cc(F)ccc12. The number of hydrogen-bond donors (Lipinski definition) is 3. The first-order valence-corrected chi connectivity index (χ1v) is 7.47. The van der Waals surface area contributed by atoms with Crippen LogP contribution in [0.3, 0.4) is 0 Å². The van der Waals surface area contributed by atoms with Crippen molar-refractivity contribution in [2.45, 2.75) is 39.7 Å². The van der Waals surface area contributed by atoms with Crippen molar-refractivity contribution in [3.8, 4) is 0 Å². The molecule has 0 fully saturated rings. The first-order valence-electron chi connectivity index (χ1n) is 7.47. The topological polar surface area (TPSA) is 65.1 Å². The summed E-state index contributed by atoms with van der Waals surface area (Å²) in [4.78, 5) is 15.3. The number of carbonyl (C=O) groups excluding carboxylic acids is 1. The van der Waals surface area contributed by atoms with Crippen LogP contribution in [0, 0.1) is 11.2 Å². The molecule has 4 nitrogen and oxygen atoms in total. The normalized spacial score (nSPS) is 13.3. The maximum atomic E-state index is 13.2. The number of nitrogens with one attached hydrogen (secondary N) is 2. The molecule has 1 unspecified atom stereocenters. The molecular formula is C17H23FN2O2. The van der Waals surface area contributed by atoms with E-state index in [2.05, 4.69) is 10.3 Å². The van der Waals surface area contributed by atoms with Gasteiger partial charge in [-0.05, 0) is 35.6 Å². The summed E-state index contributed by atoms with van der Waals surface area (Å²) in [5.74, 6) is -0.403. The summed E-state index contributed by atoms with van der Waals surface area (Å²) in [6.45, 7) is 6.13. The van der Waals surface area contributed by atoms with Crippen molar-refractivity contribution in [3.63, 3.8) is 0 Å². The Balaban J connectivity index is 2.10. The number of H-pyrrole nitrogens is 1. The molecule has 1 aromatic carbocycles. The zero-order chi connectivity index (χ0) is 16.3. The third kappa shape index (κ3) is 3.85. The third-order valence-electron chi connectivity index (χ3n) is 3.88. The van der Waals surface area contributed by atoms with Crippen LogP contribution in [0.1, 0.15) is 32.8 Å². The number of rotatable bonds is 5. The second-order valence-electron chi connectivity index (χ2n) is 6.68. The highest BCUT2D eigenvalue weighted by molar-refractivity contribution is 5.89. The number of aromatic amines is 1. The van der Waals surface area contributed by atoms with E-state index in [1.54, 1.807) is 12.3 Å². The molecule has 2 rings (SSSR count). The van der Waals surface area contributed by atoms with Crippen LogP contribution in [0.2, 0.25) is 0 Å². The Morgan fingerprint density at radius 3 is 2.77 bits per heavy atom. The first-order chi connectivity index (χ1) is 10.3. The van der Waals surface area contributed by atoms with Gasteiger partial charge < -0.3 is 15.4 Å². The summed E-state index contributed by atoms with van der Waals surface area (Å²) in [7, 11) is 0. The van der Waals surface area contributed by atoms with Gasteiger partial charge in [0.05, 0.1) is 6.42 Å². The summed E-state index contributed by atoms with van der Waals surface area (Å²) in [5.41, 5.74) is 1.40. The van der Waals surface area contributed by atoms with E-state index in [9.17, 15) is 9.18 Å². The van der Waals surface area contributed by atoms with E-state index in [0.717, 1.165) is 10.9 Å². The number of fused-ring (bicyclic) bond motifs is 1. The van der Waals surface area contributed by atoms with Crippen molar-refractivity contribution in [2.24, 2.45) is 5.41 Å². The minimum absolute atomic E-state index is 0.0363. The van der Waals surface area contributed by atoms with Crippen LogP contribution in [0.25, 0.3) is 10.9 Å². The van der Waals surface area contributed by atoms with Crippen LogP contribution < -0.4 is 5.32 Å². The molecule has 0 saturated heterocycles. The molecule has 0 spiro atoms. The van der Waals surface area contributed by atoms with E-state index >= 15 is 0 Å². The molecule has 0 aliphatic carbocycles. The molecule has 1 aromatic heterocycles. The van der Waals surface area contributed by atoms with Gasteiger partial charge in [-0.2, -0.15) is 0 Å². The highest BCUT2D eigenvalue weighted by Crippen LogP contribution is 2.23. The van der Waals surface area contributed by atoms with E-state index in [0.29, 0.717) is 11.9 Å². The molecular weight excluding hydrogens is 283 g/mol. The Morgan fingerprint density at radius 1 is 1.41 bits per heavy atom. The zero-order valence-corrected chi connectivity index (χ0v) is 13.2. The Morgan fingerprint density at radius 2 is 2.14 bits per heavy atom. The molecule has 22 heavy (non-hydrogen) atoms. The molecule has 1 heterocycles. The predicted molar refractivity (Wildman–Crippen MR) is 85.0 cm³/mol. The van der Waals surface area contributed by atoms with Gasteiger partial charge in [0.15, 0.2) is 0 Å². The Bertz CT molecular complexity index is 658. The molecule has 0 aliphatic heterocycles. The maximum Gasteiger partial charge on any atom is 0.224 e. The minimum Gasteiger partial charge on any atom is -0.396 e. The van der Waals surface area contributed by atoms with Crippen LogP contribution in [-0.4, -0.2) is 28.6 Å². The van der Waals surface area contributed by atoms with Crippen molar-refractivity contribution in [2.75, 3.05) is 6.61 Å². The molecule has 2 aromatic rings. The van der Waals surface area contributed by atoms with Crippen LogP contribution in [0.15, 0.2) is 24.4 Å². The number of aliphatic hydroxyl groups is 1. The highest BCUT2D eigenvalue weighted by Gasteiger charge is 2.25. The van der Waals surface area contributed by atoms with Gasteiger partial charge in [-0.3, -0.25) is 4.79 Å². The average Bonchev–Trinajstić information content (AvgIpc) is 2.79. The van der Waals surface area contributed by atoms with E-state index in [1.807, 2.05) is 20.8 Å². The number of amides is 1. The Labute approximate surface area is 129 Å². The molecule has 0 bridgehead atoms. The number of hydrogen-bond acceptors (Lipinski definition) is 2. The molecule has 0 radical (unpaired) electrons. The van der Waals surface area contributed by atoms with Crippen molar-refractivity contribution in [1.82, 2.24) is 10.3 Å². The van der Waals surface area contributed by atoms with Gasteiger partial charge in [-0.25, -0.2) is 4.39 Å². The number of aromatic nitrogens is 1. The van der Waals surface area contributed by atoms with Crippen LogP contribution in [0.5, 0.6) is 0 Å². The standard InChI is InChI=1S/C17H23FN2O2/c1-17(2,3)15(6-7-21)20-16(22)8-11-10-19-14-9-12(18)4-5-13(11)14/h4-5,9-10,15,19,21H,6-8H2,1-3H3,(H,20,22). The number of carbonyl (C=O) groups is 1. The lowest BCUT2D eigenvalue weighted by Crippen LogP contribution is -2.44. The molecule has 0 saturated carbocycles. The lowest BCUT2D eigenvalue weighted by atomic mass is 9.85. The number of benzene rings is 1. The van der Waals surface area contributed by atoms with E-state index in [-0.39, 0.29) is 36.2 Å². The molecule has 120 valence electrons. The van der Waals surface area contributed by atoms with Crippen molar-refractivity contribution < 1.29 is 14.3 Å². The first kappa shape index (κ1) is 16.5. The molecule has 1 amide bonds. The largest absolute Gasteiger partial charge is 0.396 e. The van der Waals surface area contributed by atoms with Gasteiger partial charge in [-0.1, -0.05) is 20.8 Å². The summed E-state index contributed by atoms with van der Waals surface area (Å²) in [6.07, 6.45) is 2.49. The van der Waals surface area contributed by atoms with Crippen LogP contribution in [0.4, 0.5) is 4.39 Å². The second-order valence-corrected chi connectivity index (χ2v) is 6.68. The fraction of sp³-hybridized carbons (Fsp3) is 0.471. The van der Waals surface area contributed by atoms with Gasteiger partial charge in [0.2, 0.25) is 5.91 Å². The van der Waals surface area contributed by atoms with Crippen molar-refractivity contribution >= 4 is 16.8 Å². The molecule has 3 N–H and O–H groups in total. The number of aliphatic hydroxyl groups excluding tert-OH is 1. The van der Waals surface area contributed by atoms with Gasteiger partial charge in [0.25, 0.3) is 0 Å². The molecule has 1 atom stereocenters. The Hall–Kier alpha value is -1.88. The zero-order valence-electron chi connectivity index (χ0n) is 13.2. The van der Waals surface area contributed by atoms with Gasteiger partial charge in [0.1, 0.15) is 5.82 Å². The lowest BCUT2D eigenvalue weighted by Gasteiger charge is -2.31. The Kier molecular flexibility index (Phi) is 4.86. The van der Waals surface area contributed by atoms with Gasteiger partial charge in [0, 0.05) is 29.7 Å². The van der Waals surface area contributed by atoms with Crippen LogP contribution >= 0.6 is 0 Å². The van der Waals surface area contributed by atoms with E-state index in [1.165, 1.54) is 12.1 Å². The maximum absolute atomic E-state index is 13.2. The fourth-order valence-corrected chi connectivity index (χ4v) is 2.57. The van der Waals surface area contributed by atoms with Gasteiger partial charge >= 0.3 is 0 Å². The van der Waals surface area contributed by atoms with E-state index in [4.69, 9.17) is 5.11 Å². The smallest absolute Gasteiger partial charge is 0.224 e. The van der Waals surface area contributed by atoms with Crippen molar-refractivity contribution in [1.29, 1.82) is 0 Å². The summed E-state index contributed by atoms with van der Waals surface area (Å²) in [5, 5.41) is 13.0. The van der Waals surface area contributed by atoms with E-state index < -0.39 is 0 Å². The summed E-state index contributed by atoms with van der Waals surface area (Å²) in [6, 6.07) is 4.40. The summed E-state index contributed by atoms with van der Waals surface area (Å²) >= 11 is 0. The number of halogens is 1. The van der Waals surface area contributed by atoms with Gasteiger partial charge in [-0.15, -0.1) is 0 Å². The average molecular weight is 306 g/mol. The fourth-order valence-electron chi connectivity index (χ4n) is 2.57. The third-order valence-corrected chi connectivity index (χ3v) is 3.88. The quantitative estimate of drug-likeness (QED) is 0.795. The summed E-state index contributed by atoms with van der Waals surface area (Å²) < 4.78 is 13.2. The highest BCUT2D eigenvalue weighted by atomic mass is 19.1. The minimum atomic E-state index is -0.305. The van der Waals surface area contributed by atoms with Crippen LogP contribution in [-0.2, 0) is 11.2 Å². The van der Waals surface area contributed by atoms with Crippen molar-refractivity contribution in [3.05, 3.63) is 35.8 Å². The monoisotopic (exact) mass is 306 g/mol. The lowest BCUT2D eigenvalue weighted by molar-refractivity contribution is -0.122.